The molecule has 0 bridgehead atoms. The molecule has 0 spiro atoms. The van der Waals surface area contributed by atoms with Gasteiger partial charge in [-0.2, -0.15) is 0 Å². The Morgan fingerprint density at radius 3 is 1.84 bits per heavy atom. The third-order valence-corrected chi connectivity index (χ3v) is 4.46. The van der Waals surface area contributed by atoms with Crippen LogP contribution >= 0.6 is 22.6 Å². The van der Waals surface area contributed by atoms with E-state index in [0.29, 0.717) is 5.92 Å². The number of methoxy groups -OCH3 is 3. The van der Waals surface area contributed by atoms with Gasteiger partial charge in [-0.1, -0.05) is 61.6 Å². The molecule has 0 amide bonds. The highest BCUT2D eigenvalue weighted by Crippen LogP contribution is 2.32. The second kappa shape index (κ2) is 12.4. The maximum absolute atomic E-state index is 5.53. The van der Waals surface area contributed by atoms with Crippen LogP contribution in [0.3, 0.4) is 0 Å². The number of alkyl halides is 1. The van der Waals surface area contributed by atoms with Gasteiger partial charge in [0.15, 0.2) is 0 Å². The molecule has 3 nitrogen and oxygen atoms in total. The number of halogens is 1. The minimum atomic E-state index is -0.865. The van der Waals surface area contributed by atoms with Crippen LogP contribution in [0.4, 0.5) is 0 Å². The first kappa shape index (κ1) is 19.6. The topological polar surface area (TPSA) is 27.7 Å². The molecule has 0 fully saturated rings. The minimum absolute atomic E-state index is 0.309. The minimum Gasteiger partial charge on any atom is -0.331 e. The smallest absolute Gasteiger partial charge is 0.285 e. The van der Waals surface area contributed by atoms with Crippen molar-refractivity contribution in [3.05, 3.63) is 0 Å². The van der Waals surface area contributed by atoms with Crippen LogP contribution in [0.5, 0.6) is 0 Å². The van der Waals surface area contributed by atoms with Crippen molar-refractivity contribution < 1.29 is 14.2 Å². The van der Waals surface area contributed by atoms with E-state index in [1.54, 1.807) is 21.3 Å². The van der Waals surface area contributed by atoms with Crippen molar-refractivity contribution >= 4 is 22.6 Å². The summed E-state index contributed by atoms with van der Waals surface area (Å²) in [7, 11) is 5.00. The Bertz CT molecular complexity index is 188. The molecule has 0 saturated carbocycles. The predicted octanol–water partition coefficient (Wildman–Crippen LogP) is 4.77. The SMILES string of the molecule is CCCCCCCC(CCCI)C(OC)(OC)OC. The van der Waals surface area contributed by atoms with E-state index in [1.165, 1.54) is 38.5 Å². The summed E-state index contributed by atoms with van der Waals surface area (Å²) in [6.07, 6.45) is 9.85. The summed E-state index contributed by atoms with van der Waals surface area (Å²) >= 11 is 2.42. The van der Waals surface area contributed by atoms with Crippen molar-refractivity contribution in [1.82, 2.24) is 0 Å². The van der Waals surface area contributed by atoms with E-state index in [0.717, 1.165) is 17.3 Å². The van der Waals surface area contributed by atoms with Crippen LogP contribution in [0.25, 0.3) is 0 Å². The number of unbranched alkanes of at least 4 members (excludes halogenated alkanes) is 4. The van der Waals surface area contributed by atoms with Crippen LogP contribution in [0, 0.1) is 5.92 Å². The molecule has 0 N–H and O–H groups in total. The van der Waals surface area contributed by atoms with E-state index in [-0.39, 0.29) is 0 Å². The predicted molar refractivity (Wildman–Crippen MR) is 88.7 cm³/mol. The Balaban J connectivity index is 4.34. The third kappa shape index (κ3) is 7.25. The highest BCUT2D eigenvalue weighted by atomic mass is 127. The quantitative estimate of drug-likeness (QED) is 0.198. The summed E-state index contributed by atoms with van der Waals surface area (Å²) in [5, 5.41) is 0. The molecule has 0 radical (unpaired) electrons. The number of hydrogen-bond donors (Lipinski definition) is 0. The van der Waals surface area contributed by atoms with Crippen LogP contribution in [0.15, 0.2) is 0 Å². The van der Waals surface area contributed by atoms with Crippen LogP contribution in [-0.2, 0) is 14.2 Å². The average Bonchev–Trinajstić information content (AvgIpc) is 2.45. The highest BCUT2D eigenvalue weighted by molar-refractivity contribution is 14.1. The molecule has 0 aromatic rings. The molecular weight excluding hydrogens is 355 g/mol. The molecule has 0 rings (SSSR count). The van der Waals surface area contributed by atoms with E-state index in [4.69, 9.17) is 14.2 Å². The van der Waals surface area contributed by atoms with E-state index >= 15 is 0 Å². The first-order chi connectivity index (χ1) is 9.20. The van der Waals surface area contributed by atoms with Gasteiger partial charge in [-0.15, -0.1) is 0 Å². The summed E-state index contributed by atoms with van der Waals surface area (Å²) in [5.41, 5.74) is 0. The standard InChI is InChI=1S/C15H31IO3/c1-5-6-7-8-9-11-14(12-10-13-16)15(17-2,18-3)19-4/h14H,5-13H2,1-4H3. The van der Waals surface area contributed by atoms with Crippen molar-refractivity contribution in [2.45, 2.75) is 64.3 Å². The maximum Gasteiger partial charge on any atom is 0.285 e. The van der Waals surface area contributed by atoms with Crippen molar-refractivity contribution in [2.24, 2.45) is 5.92 Å². The van der Waals surface area contributed by atoms with Crippen molar-refractivity contribution in [1.29, 1.82) is 0 Å². The largest absolute Gasteiger partial charge is 0.331 e. The zero-order valence-electron chi connectivity index (χ0n) is 13.0. The summed E-state index contributed by atoms with van der Waals surface area (Å²) in [4.78, 5) is 0. The fourth-order valence-corrected chi connectivity index (χ4v) is 3.01. The molecule has 4 heteroatoms. The van der Waals surface area contributed by atoms with Gasteiger partial charge in [-0.05, 0) is 23.7 Å². The molecule has 0 aromatic carbocycles. The first-order valence-electron chi connectivity index (χ1n) is 7.42. The van der Waals surface area contributed by atoms with E-state index in [2.05, 4.69) is 29.5 Å². The summed E-state index contributed by atoms with van der Waals surface area (Å²) < 4.78 is 17.7. The van der Waals surface area contributed by atoms with Crippen LogP contribution in [0.2, 0.25) is 0 Å². The molecule has 1 unspecified atom stereocenters. The third-order valence-electron chi connectivity index (χ3n) is 3.70. The molecule has 0 saturated heterocycles. The lowest BCUT2D eigenvalue weighted by molar-refractivity contribution is -0.380. The molecule has 0 aliphatic carbocycles. The van der Waals surface area contributed by atoms with Crippen LogP contribution < -0.4 is 0 Å². The Morgan fingerprint density at radius 1 is 0.842 bits per heavy atom. The number of ether oxygens (including phenoxy) is 3. The second-order valence-corrected chi connectivity index (χ2v) is 6.03. The fraction of sp³-hybridized carbons (Fsp3) is 1.00. The van der Waals surface area contributed by atoms with Gasteiger partial charge in [0, 0.05) is 27.2 Å². The van der Waals surface area contributed by atoms with Crippen molar-refractivity contribution in [3.63, 3.8) is 0 Å². The molecule has 19 heavy (non-hydrogen) atoms. The van der Waals surface area contributed by atoms with Crippen LogP contribution in [-0.4, -0.2) is 31.7 Å². The molecule has 0 heterocycles. The fourth-order valence-electron chi connectivity index (χ4n) is 2.57. The molecule has 116 valence electrons. The normalized spacial score (nSPS) is 13.7. The number of rotatable bonds is 13. The summed E-state index contributed by atoms with van der Waals surface area (Å²) in [6, 6.07) is 0. The van der Waals surface area contributed by atoms with Gasteiger partial charge in [0.05, 0.1) is 0 Å². The lowest BCUT2D eigenvalue weighted by Gasteiger charge is -2.36. The second-order valence-electron chi connectivity index (χ2n) is 4.95. The lowest BCUT2D eigenvalue weighted by Crippen LogP contribution is -2.44. The van der Waals surface area contributed by atoms with Crippen molar-refractivity contribution in [3.8, 4) is 0 Å². The maximum atomic E-state index is 5.53. The van der Waals surface area contributed by atoms with E-state index < -0.39 is 5.97 Å². The van der Waals surface area contributed by atoms with Gasteiger partial charge < -0.3 is 14.2 Å². The van der Waals surface area contributed by atoms with Gasteiger partial charge in [0.2, 0.25) is 0 Å². The van der Waals surface area contributed by atoms with Gasteiger partial charge in [0.25, 0.3) is 5.97 Å². The monoisotopic (exact) mass is 386 g/mol. The summed E-state index contributed by atoms with van der Waals surface area (Å²) in [5.74, 6) is -0.555. The van der Waals surface area contributed by atoms with E-state index in [1.807, 2.05) is 0 Å². The Hall–Kier alpha value is 0.610. The van der Waals surface area contributed by atoms with Gasteiger partial charge in [0.1, 0.15) is 0 Å². The molecule has 0 aliphatic rings. The average molecular weight is 386 g/mol. The van der Waals surface area contributed by atoms with Gasteiger partial charge >= 0.3 is 0 Å². The lowest BCUT2D eigenvalue weighted by atomic mass is 9.93. The zero-order chi connectivity index (χ0) is 14.6. The highest BCUT2D eigenvalue weighted by Gasteiger charge is 2.39. The molecule has 0 aliphatic heterocycles. The van der Waals surface area contributed by atoms with Gasteiger partial charge in [-0.3, -0.25) is 0 Å². The summed E-state index contributed by atoms with van der Waals surface area (Å²) in [6.45, 7) is 2.25. The Kier molecular flexibility index (Phi) is 12.8. The van der Waals surface area contributed by atoms with Crippen LogP contribution in [0.1, 0.15) is 58.3 Å². The van der Waals surface area contributed by atoms with Crippen molar-refractivity contribution in [2.75, 3.05) is 25.8 Å². The van der Waals surface area contributed by atoms with E-state index in [9.17, 15) is 0 Å². The Labute approximate surface area is 132 Å². The Morgan fingerprint density at radius 2 is 1.37 bits per heavy atom. The number of hydrogen-bond acceptors (Lipinski definition) is 3. The molecular formula is C15H31IO3. The first-order valence-corrected chi connectivity index (χ1v) is 8.94. The molecule has 1 atom stereocenters. The zero-order valence-corrected chi connectivity index (χ0v) is 15.2. The molecule has 0 aromatic heterocycles. The van der Waals surface area contributed by atoms with Gasteiger partial charge in [-0.25, -0.2) is 0 Å².